The van der Waals surface area contributed by atoms with Gasteiger partial charge in [-0.15, -0.1) is 0 Å². The van der Waals surface area contributed by atoms with Gasteiger partial charge in [-0.3, -0.25) is 0 Å². The second kappa shape index (κ2) is 5.16. The Morgan fingerprint density at radius 1 is 1.31 bits per heavy atom. The van der Waals surface area contributed by atoms with Crippen molar-refractivity contribution in [2.75, 3.05) is 12.4 Å². The number of carbonyl (C=O) groups excluding carboxylic acids is 1. The minimum absolute atomic E-state index is 0.443. The molecule has 0 heterocycles. The summed E-state index contributed by atoms with van der Waals surface area (Å²) in [5.74, 6) is -1.04. The van der Waals surface area contributed by atoms with Gasteiger partial charge < -0.3 is 15.3 Å². The molecule has 0 saturated carbocycles. The van der Waals surface area contributed by atoms with Crippen molar-refractivity contribution in [1.82, 2.24) is 4.90 Å². The molecule has 1 rings (SSSR count). The van der Waals surface area contributed by atoms with E-state index in [0.29, 0.717) is 5.69 Å². The van der Waals surface area contributed by atoms with Crippen LogP contribution in [0.25, 0.3) is 0 Å². The Kier molecular flexibility index (Phi) is 3.88. The van der Waals surface area contributed by atoms with E-state index in [1.165, 1.54) is 14.0 Å². The van der Waals surface area contributed by atoms with Crippen LogP contribution < -0.4 is 5.32 Å². The van der Waals surface area contributed by atoms with E-state index in [4.69, 9.17) is 5.11 Å². The molecule has 2 N–H and O–H groups in total. The molecule has 0 aliphatic rings. The number of aliphatic carboxylic acids is 1. The molecule has 1 unspecified atom stereocenters. The fourth-order valence-electron chi connectivity index (χ4n) is 1.07. The SMILES string of the molecule is CC(C(=O)O)N(C)C(=O)Nc1ccccc1. The predicted octanol–water partition coefficient (Wildman–Crippen LogP) is 1.62. The Balaban J connectivity index is 2.63. The third kappa shape index (κ3) is 2.98. The number of nitrogens with zero attached hydrogens (tertiary/aromatic N) is 1. The first-order valence-corrected chi connectivity index (χ1v) is 4.84. The van der Waals surface area contributed by atoms with Gasteiger partial charge in [0.2, 0.25) is 0 Å². The van der Waals surface area contributed by atoms with Gasteiger partial charge >= 0.3 is 12.0 Å². The van der Waals surface area contributed by atoms with Gasteiger partial charge in [0.25, 0.3) is 0 Å². The molecule has 0 spiro atoms. The monoisotopic (exact) mass is 222 g/mol. The molecule has 1 aromatic carbocycles. The van der Waals surface area contributed by atoms with Gasteiger partial charge in [0.1, 0.15) is 6.04 Å². The number of carboxylic acid groups (broad SMARTS) is 1. The van der Waals surface area contributed by atoms with Crippen LogP contribution in [-0.2, 0) is 4.79 Å². The summed E-state index contributed by atoms with van der Waals surface area (Å²) in [7, 11) is 1.44. The zero-order valence-electron chi connectivity index (χ0n) is 9.18. The largest absolute Gasteiger partial charge is 0.480 e. The fraction of sp³-hybridized carbons (Fsp3) is 0.273. The standard InChI is InChI=1S/C11H14N2O3/c1-8(10(14)15)13(2)11(16)12-9-6-4-3-5-7-9/h3-8H,1-2H3,(H,12,16)(H,14,15). The van der Waals surface area contributed by atoms with Crippen LogP contribution in [0.2, 0.25) is 0 Å². The molecule has 86 valence electrons. The number of hydrogen-bond donors (Lipinski definition) is 2. The Hall–Kier alpha value is -2.04. The number of hydrogen-bond acceptors (Lipinski definition) is 2. The maximum atomic E-state index is 11.6. The molecule has 0 aromatic heterocycles. The summed E-state index contributed by atoms with van der Waals surface area (Å²) in [4.78, 5) is 23.4. The van der Waals surface area contributed by atoms with E-state index in [1.54, 1.807) is 24.3 Å². The highest BCUT2D eigenvalue weighted by atomic mass is 16.4. The second-order valence-electron chi connectivity index (χ2n) is 3.42. The molecule has 5 nitrogen and oxygen atoms in total. The highest BCUT2D eigenvalue weighted by molar-refractivity contribution is 5.91. The zero-order chi connectivity index (χ0) is 12.1. The van der Waals surface area contributed by atoms with Crippen LogP contribution in [0.5, 0.6) is 0 Å². The molecule has 0 bridgehead atoms. The number of rotatable bonds is 3. The van der Waals surface area contributed by atoms with E-state index in [9.17, 15) is 9.59 Å². The first-order chi connectivity index (χ1) is 7.52. The van der Waals surface area contributed by atoms with Crippen molar-refractivity contribution in [3.8, 4) is 0 Å². The summed E-state index contributed by atoms with van der Waals surface area (Å²) in [6.07, 6.45) is 0. The minimum Gasteiger partial charge on any atom is -0.480 e. The summed E-state index contributed by atoms with van der Waals surface area (Å²) >= 11 is 0. The number of amides is 2. The number of nitrogens with one attached hydrogen (secondary N) is 1. The fourth-order valence-corrected chi connectivity index (χ4v) is 1.07. The van der Waals surface area contributed by atoms with Crippen molar-refractivity contribution in [2.45, 2.75) is 13.0 Å². The maximum absolute atomic E-state index is 11.6. The van der Waals surface area contributed by atoms with Crippen LogP contribution in [0.3, 0.4) is 0 Å². The number of carboxylic acids is 1. The van der Waals surface area contributed by atoms with Crippen LogP contribution in [0.15, 0.2) is 30.3 Å². The Labute approximate surface area is 93.7 Å². The summed E-state index contributed by atoms with van der Waals surface area (Å²) in [6.45, 7) is 1.45. The molecule has 0 aliphatic heterocycles. The molecular formula is C11H14N2O3. The van der Waals surface area contributed by atoms with Crippen LogP contribution in [0, 0.1) is 0 Å². The van der Waals surface area contributed by atoms with Crippen LogP contribution >= 0.6 is 0 Å². The number of anilines is 1. The maximum Gasteiger partial charge on any atom is 0.326 e. The first-order valence-electron chi connectivity index (χ1n) is 4.84. The van der Waals surface area contributed by atoms with Gasteiger partial charge in [0.15, 0.2) is 0 Å². The highest BCUT2D eigenvalue weighted by Crippen LogP contribution is 2.07. The lowest BCUT2D eigenvalue weighted by molar-refractivity contribution is -0.141. The number of urea groups is 1. The Morgan fingerprint density at radius 3 is 2.38 bits per heavy atom. The van der Waals surface area contributed by atoms with E-state index in [-0.39, 0.29) is 0 Å². The van der Waals surface area contributed by atoms with Crippen molar-refractivity contribution >= 4 is 17.7 Å². The van der Waals surface area contributed by atoms with E-state index in [1.807, 2.05) is 6.07 Å². The third-order valence-corrected chi connectivity index (χ3v) is 2.28. The lowest BCUT2D eigenvalue weighted by Crippen LogP contribution is -2.42. The van der Waals surface area contributed by atoms with Gasteiger partial charge in [0, 0.05) is 12.7 Å². The summed E-state index contributed by atoms with van der Waals surface area (Å²) in [5, 5.41) is 11.3. The average molecular weight is 222 g/mol. The minimum atomic E-state index is -1.04. The molecule has 2 amide bonds. The Bertz CT molecular complexity index is 378. The molecule has 1 aromatic rings. The van der Waals surface area contributed by atoms with Gasteiger partial charge in [0.05, 0.1) is 0 Å². The van der Waals surface area contributed by atoms with Crippen LogP contribution in [-0.4, -0.2) is 35.1 Å². The van der Waals surface area contributed by atoms with Crippen molar-refractivity contribution < 1.29 is 14.7 Å². The van der Waals surface area contributed by atoms with Gasteiger partial charge in [-0.25, -0.2) is 9.59 Å². The molecule has 0 aliphatic carbocycles. The molecule has 5 heteroatoms. The van der Waals surface area contributed by atoms with E-state index < -0.39 is 18.0 Å². The van der Waals surface area contributed by atoms with E-state index in [2.05, 4.69) is 5.32 Å². The van der Waals surface area contributed by atoms with Crippen molar-refractivity contribution in [1.29, 1.82) is 0 Å². The van der Waals surface area contributed by atoms with Crippen molar-refractivity contribution in [3.63, 3.8) is 0 Å². The van der Waals surface area contributed by atoms with E-state index in [0.717, 1.165) is 4.90 Å². The first kappa shape index (κ1) is 12.0. The molecule has 1 atom stereocenters. The quantitative estimate of drug-likeness (QED) is 0.816. The zero-order valence-corrected chi connectivity index (χ0v) is 9.18. The van der Waals surface area contributed by atoms with Crippen molar-refractivity contribution in [2.24, 2.45) is 0 Å². The number of likely N-dealkylation sites (N-methyl/N-ethyl adjacent to an activating group) is 1. The molecule has 16 heavy (non-hydrogen) atoms. The van der Waals surface area contributed by atoms with E-state index >= 15 is 0 Å². The molecule has 0 fully saturated rings. The highest BCUT2D eigenvalue weighted by Gasteiger charge is 2.21. The molecule has 0 radical (unpaired) electrons. The van der Waals surface area contributed by atoms with Crippen molar-refractivity contribution in [3.05, 3.63) is 30.3 Å². The molecule has 0 saturated heterocycles. The average Bonchev–Trinajstić information content (AvgIpc) is 2.28. The number of benzene rings is 1. The van der Waals surface area contributed by atoms with Crippen LogP contribution in [0.1, 0.15) is 6.92 Å². The second-order valence-corrected chi connectivity index (χ2v) is 3.42. The third-order valence-electron chi connectivity index (χ3n) is 2.28. The lowest BCUT2D eigenvalue weighted by atomic mass is 10.3. The Morgan fingerprint density at radius 2 is 1.88 bits per heavy atom. The number of para-hydroxylation sites is 1. The van der Waals surface area contributed by atoms with Gasteiger partial charge in [-0.05, 0) is 19.1 Å². The number of carbonyl (C=O) groups is 2. The molecular weight excluding hydrogens is 208 g/mol. The normalized spacial score (nSPS) is 11.6. The van der Waals surface area contributed by atoms with Crippen LogP contribution in [0.4, 0.5) is 10.5 Å². The summed E-state index contributed by atoms with van der Waals surface area (Å²) in [6, 6.07) is 7.57. The smallest absolute Gasteiger partial charge is 0.326 e. The topological polar surface area (TPSA) is 69.6 Å². The van der Waals surface area contributed by atoms with Gasteiger partial charge in [-0.1, -0.05) is 18.2 Å². The summed E-state index contributed by atoms with van der Waals surface area (Å²) < 4.78 is 0. The predicted molar refractivity (Wildman–Crippen MR) is 60.3 cm³/mol. The lowest BCUT2D eigenvalue weighted by Gasteiger charge is -2.21. The summed E-state index contributed by atoms with van der Waals surface area (Å²) in [5.41, 5.74) is 0.636. The van der Waals surface area contributed by atoms with Gasteiger partial charge in [-0.2, -0.15) is 0 Å².